The summed E-state index contributed by atoms with van der Waals surface area (Å²) in [6, 6.07) is 18.1. The monoisotopic (exact) mass is 275 g/mol. The molecule has 3 nitrogen and oxygen atoms in total. The number of aliphatic hydroxyl groups is 2. The molecule has 0 aliphatic carbocycles. The summed E-state index contributed by atoms with van der Waals surface area (Å²) in [4.78, 5) is 2.26. The zero-order chi connectivity index (χ0) is 13.5. The van der Waals surface area contributed by atoms with Gasteiger partial charge in [-0.25, -0.2) is 0 Å². The molecule has 3 N–H and O–H groups in total. The summed E-state index contributed by atoms with van der Waals surface area (Å²) in [7, 11) is 0. The van der Waals surface area contributed by atoms with E-state index in [9.17, 15) is 5.11 Å². The van der Waals surface area contributed by atoms with E-state index in [1.165, 1.54) is 4.90 Å². The van der Waals surface area contributed by atoms with Crippen LogP contribution in [0.3, 0.4) is 0 Å². The molecule has 0 amide bonds. The highest BCUT2D eigenvalue weighted by molar-refractivity contribution is 7.99. The van der Waals surface area contributed by atoms with Gasteiger partial charge in [0.25, 0.3) is 0 Å². The molecule has 0 fully saturated rings. The highest BCUT2D eigenvalue weighted by atomic mass is 32.2. The lowest BCUT2D eigenvalue weighted by atomic mass is 10.3. The largest absolute Gasteiger partial charge is 0.394 e. The van der Waals surface area contributed by atoms with E-state index in [-0.39, 0.29) is 6.61 Å². The standard InChI is InChI=1S/C15H17NO2S/c17-11-12(18)10-16-14-8-4-5-9-15(14)19-13-6-2-1-3-7-13/h1-9,12,16-18H,10-11H2. The van der Waals surface area contributed by atoms with E-state index in [1.54, 1.807) is 11.8 Å². The Balaban J connectivity index is 2.08. The quantitative estimate of drug-likeness (QED) is 0.758. The minimum absolute atomic E-state index is 0.235. The van der Waals surface area contributed by atoms with E-state index in [4.69, 9.17) is 5.11 Å². The molecule has 0 spiro atoms. The molecular weight excluding hydrogens is 258 g/mol. The summed E-state index contributed by atoms with van der Waals surface area (Å²) in [6.45, 7) is 0.101. The highest BCUT2D eigenvalue weighted by Gasteiger charge is 2.06. The van der Waals surface area contributed by atoms with Gasteiger partial charge in [0, 0.05) is 22.0 Å². The molecule has 2 aromatic carbocycles. The second kappa shape index (κ2) is 7.19. The normalized spacial score (nSPS) is 12.1. The summed E-state index contributed by atoms with van der Waals surface area (Å²) in [6.07, 6.45) is -0.741. The molecule has 0 saturated carbocycles. The van der Waals surface area contributed by atoms with Crippen molar-refractivity contribution in [1.29, 1.82) is 0 Å². The summed E-state index contributed by atoms with van der Waals surface area (Å²) < 4.78 is 0. The van der Waals surface area contributed by atoms with E-state index in [0.717, 1.165) is 10.6 Å². The molecule has 2 aromatic rings. The second-order valence-corrected chi connectivity index (χ2v) is 5.24. The van der Waals surface area contributed by atoms with Crippen LogP contribution in [0.15, 0.2) is 64.4 Å². The van der Waals surface area contributed by atoms with Gasteiger partial charge >= 0.3 is 0 Å². The van der Waals surface area contributed by atoms with Gasteiger partial charge in [-0.15, -0.1) is 0 Å². The molecule has 2 rings (SSSR count). The third-order valence-electron chi connectivity index (χ3n) is 2.60. The zero-order valence-electron chi connectivity index (χ0n) is 10.5. The number of hydrogen-bond donors (Lipinski definition) is 3. The molecule has 0 aliphatic rings. The van der Waals surface area contributed by atoms with E-state index in [1.807, 2.05) is 42.5 Å². The van der Waals surface area contributed by atoms with Crippen LogP contribution in [0.1, 0.15) is 0 Å². The first-order chi connectivity index (χ1) is 9.29. The van der Waals surface area contributed by atoms with Crippen molar-refractivity contribution >= 4 is 17.4 Å². The summed E-state index contributed by atoms with van der Waals surface area (Å²) in [5, 5.41) is 21.4. The lowest BCUT2D eigenvalue weighted by Gasteiger charge is -2.13. The van der Waals surface area contributed by atoms with Gasteiger partial charge in [-0.05, 0) is 24.3 Å². The molecule has 4 heteroatoms. The molecular formula is C15H17NO2S. The average molecular weight is 275 g/mol. The Morgan fingerprint density at radius 2 is 1.68 bits per heavy atom. The number of anilines is 1. The average Bonchev–Trinajstić information content (AvgIpc) is 2.47. The van der Waals surface area contributed by atoms with Crippen molar-refractivity contribution in [2.24, 2.45) is 0 Å². The van der Waals surface area contributed by atoms with Gasteiger partial charge in [-0.2, -0.15) is 0 Å². The molecule has 0 aliphatic heterocycles. The Bertz CT molecular complexity index is 505. The zero-order valence-corrected chi connectivity index (χ0v) is 11.3. The topological polar surface area (TPSA) is 52.5 Å². The molecule has 19 heavy (non-hydrogen) atoms. The number of para-hydroxylation sites is 1. The fourth-order valence-corrected chi connectivity index (χ4v) is 2.55. The number of aliphatic hydroxyl groups excluding tert-OH is 2. The summed E-state index contributed by atoms with van der Waals surface area (Å²) >= 11 is 1.67. The van der Waals surface area contributed by atoms with Crippen molar-refractivity contribution < 1.29 is 10.2 Å². The van der Waals surface area contributed by atoms with Crippen molar-refractivity contribution in [3.63, 3.8) is 0 Å². The predicted molar refractivity (Wildman–Crippen MR) is 78.6 cm³/mol. The van der Waals surface area contributed by atoms with Crippen LogP contribution < -0.4 is 5.32 Å². The van der Waals surface area contributed by atoms with E-state index < -0.39 is 6.10 Å². The van der Waals surface area contributed by atoms with Gasteiger partial charge in [-0.3, -0.25) is 0 Å². The third kappa shape index (κ3) is 4.28. The second-order valence-electron chi connectivity index (χ2n) is 4.13. The Morgan fingerprint density at radius 3 is 2.42 bits per heavy atom. The Morgan fingerprint density at radius 1 is 1.00 bits per heavy atom. The minimum atomic E-state index is -0.741. The smallest absolute Gasteiger partial charge is 0.0942 e. The van der Waals surface area contributed by atoms with Gasteiger partial charge in [0.2, 0.25) is 0 Å². The van der Waals surface area contributed by atoms with Crippen LogP contribution >= 0.6 is 11.8 Å². The lowest BCUT2D eigenvalue weighted by molar-refractivity contribution is 0.105. The van der Waals surface area contributed by atoms with Crippen molar-refractivity contribution in [1.82, 2.24) is 0 Å². The first kappa shape index (κ1) is 13.9. The maximum absolute atomic E-state index is 9.38. The summed E-state index contributed by atoms with van der Waals surface area (Å²) in [5.41, 5.74) is 0.962. The van der Waals surface area contributed by atoms with Crippen LogP contribution in [-0.2, 0) is 0 Å². The minimum Gasteiger partial charge on any atom is -0.394 e. The highest BCUT2D eigenvalue weighted by Crippen LogP contribution is 2.32. The molecule has 100 valence electrons. The van der Waals surface area contributed by atoms with Gasteiger partial charge < -0.3 is 15.5 Å². The first-order valence-corrected chi connectivity index (χ1v) is 6.96. The number of benzene rings is 2. The molecule has 1 atom stereocenters. The lowest BCUT2D eigenvalue weighted by Crippen LogP contribution is -2.23. The number of hydrogen-bond acceptors (Lipinski definition) is 4. The predicted octanol–water partition coefficient (Wildman–Crippen LogP) is 2.60. The fraction of sp³-hybridized carbons (Fsp3) is 0.200. The van der Waals surface area contributed by atoms with E-state index in [2.05, 4.69) is 17.4 Å². The van der Waals surface area contributed by atoms with Crippen LogP contribution in [0.5, 0.6) is 0 Å². The van der Waals surface area contributed by atoms with Crippen molar-refractivity contribution in [2.75, 3.05) is 18.5 Å². The molecule has 0 saturated heterocycles. The van der Waals surface area contributed by atoms with Crippen LogP contribution in [-0.4, -0.2) is 29.5 Å². The number of nitrogens with one attached hydrogen (secondary N) is 1. The first-order valence-electron chi connectivity index (χ1n) is 6.14. The molecule has 0 radical (unpaired) electrons. The maximum atomic E-state index is 9.38. The Labute approximate surface area is 117 Å². The van der Waals surface area contributed by atoms with Crippen molar-refractivity contribution in [3.05, 3.63) is 54.6 Å². The molecule has 1 unspecified atom stereocenters. The molecule has 0 aromatic heterocycles. The maximum Gasteiger partial charge on any atom is 0.0942 e. The molecule has 0 heterocycles. The van der Waals surface area contributed by atoms with Crippen LogP contribution in [0.25, 0.3) is 0 Å². The van der Waals surface area contributed by atoms with Crippen molar-refractivity contribution in [2.45, 2.75) is 15.9 Å². The van der Waals surface area contributed by atoms with E-state index >= 15 is 0 Å². The SMILES string of the molecule is OCC(O)CNc1ccccc1Sc1ccccc1. The van der Waals surface area contributed by atoms with Crippen LogP contribution in [0, 0.1) is 0 Å². The van der Waals surface area contributed by atoms with Gasteiger partial charge in [0.05, 0.1) is 12.7 Å². The summed E-state index contributed by atoms with van der Waals surface area (Å²) in [5.74, 6) is 0. The Kier molecular flexibility index (Phi) is 5.27. The van der Waals surface area contributed by atoms with Gasteiger partial charge in [0.1, 0.15) is 0 Å². The van der Waals surface area contributed by atoms with Crippen LogP contribution in [0.2, 0.25) is 0 Å². The molecule has 0 bridgehead atoms. The Hall–Kier alpha value is -1.49. The van der Waals surface area contributed by atoms with Crippen LogP contribution in [0.4, 0.5) is 5.69 Å². The van der Waals surface area contributed by atoms with Gasteiger partial charge in [0.15, 0.2) is 0 Å². The number of rotatable bonds is 6. The fourth-order valence-electron chi connectivity index (χ4n) is 1.61. The van der Waals surface area contributed by atoms with E-state index in [0.29, 0.717) is 6.54 Å². The van der Waals surface area contributed by atoms with Gasteiger partial charge in [-0.1, -0.05) is 42.1 Å². The van der Waals surface area contributed by atoms with Crippen molar-refractivity contribution in [3.8, 4) is 0 Å². The third-order valence-corrected chi connectivity index (χ3v) is 3.68.